The van der Waals surface area contributed by atoms with E-state index in [1.165, 1.54) is 6.07 Å². The van der Waals surface area contributed by atoms with E-state index in [1.807, 2.05) is 30.3 Å². The number of aliphatic hydroxyl groups excluding tert-OH is 1. The van der Waals surface area contributed by atoms with Crippen LogP contribution in [0, 0.1) is 17.6 Å². The minimum absolute atomic E-state index is 0.101. The van der Waals surface area contributed by atoms with Crippen molar-refractivity contribution >= 4 is 5.91 Å². The zero-order valence-corrected chi connectivity index (χ0v) is 13.7. The maximum absolute atomic E-state index is 13.8. The highest BCUT2D eigenvalue weighted by atomic mass is 19.1. The van der Waals surface area contributed by atoms with Crippen molar-refractivity contribution in [1.29, 1.82) is 0 Å². The molecule has 25 heavy (non-hydrogen) atoms. The SMILES string of the molecule is O=C(N[C@@H]1CN(Cc2ccccc2)C[C@H]1CO)c1c(F)cccc1F. The van der Waals surface area contributed by atoms with Crippen LogP contribution in [0.1, 0.15) is 15.9 Å². The Morgan fingerprint density at radius 2 is 1.76 bits per heavy atom. The van der Waals surface area contributed by atoms with E-state index >= 15 is 0 Å². The van der Waals surface area contributed by atoms with Gasteiger partial charge in [0.05, 0.1) is 0 Å². The number of nitrogens with zero attached hydrogens (tertiary/aromatic N) is 1. The van der Waals surface area contributed by atoms with Crippen molar-refractivity contribution in [2.75, 3.05) is 19.7 Å². The highest BCUT2D eigenvalue weighted by Gasteiger charge is 2.34. The smallest absolute Gasteiger partial charge is 0.257 e. The summed E-state index contributed by atoms with van der Waals surface area (Å²) in [6.45, 7) is 1.71. The number of halogens is 2. The van der Waals surface area contributed by atoms with Crippen LogP contribution in [0.25, 0.3) is 0 Å². The first-order chi connectivity index (χ1) is 12.1. The van der Waals surface area contributed by atoms with Crippen LogP contribution in [0.3, 0.4) is 0 Å². The Kier molecular flexibility index (Phi) is 5.40. The number of likely N-dealkylation sites (tertiary alicyclic amines) is 1. The Hall–Kier alpha value is -2.31. The molecule has 1 heterocycles. The molecule has 1 fully saturated rings. The summed E-state index contributed by atoms with van der Waals surface area (Å²) >= 11 is 0. The van der Waals surface area contributed by atoms with Gasteiger partial charge in [0.1, 0.15) is 17.2 Å². The molecule has 0 unspecified atom stereocenters. The van der Waals surface area contributed by atoms with Crippen LogP contribution < -0.4 is 5.32 Å². The Morgan fingerprint density at radius 1 is 1.08 bits per heavy atom. The van der Waals surface area contributed by atoms with E-state index in [0.29, 0.717) is 19.6 Å². The molecule has 1 aliphatic rings. The summed E-state index contributed by atoms with van der Waals surface area (Å²) in [5.74, 6) is -2.75. The first-order valence-corrected chi connectivity index (χ1v) is 8.20. The summed E-state index contributed by atoms with van der Waals surface area (Å²) < 4.78 is 27.5. The van der Waals surface area contributed by atoms with Crippen LogP contribution in [0.5, 0.6) is 0 Å². The van der Waals surface area contributed by atoms with Crippen molar-refractivity contribution in [3.8, 4) is 0 Å². The van der Waals surface area contributed by atoms with Crippen molar-refractivity contribution in [2.45, 2.75) is 12.6 Å². The van der Waals surface area contributed by atoms with Gasteiger partial charge in [-0.25, -0.2) is 8.78 Å². The minimum atomic E-state index is -0.891. The molecule has 2 atom stereocenters. The van der Waals surface area contributed by atoms with Gasteiger partial charge in [0.15, 0.2) is 0 Å². The molecule has 1 aliphatic heterocycles. The lowest BCUT2D eigenvalue weighted by molar-refractivity contribution is 0.0912. The molecule has 0 saturated carbocycles. The highest BCUT2D eigenvalue weighted by Crippen LogP contribution is 2.20. The molecule has 2 N–H and O–H groups in total. The Morgan fingerprint density at radius 3 is 2.40 bits per heavy atom. The monoisotopic (exact) mass is 346 g/mol. The summed E-state index contributed by atoms with van der Waals surface area (Å²) in [5.41, 5.74) is 0.548. The number of amides is 1. The fraction of sp³-hybridized carbons (Fsp3) is 0.316. The summed E-state index contributed by atoms with van der Waals surface area (Å²) in [7, 11) is 0. The first-order valence-electron chi connectivity index (χ1n) is 8.20. The van der Waals surface area contributed by atoms with Crippen LogP contribution in [0.15, 0.2) is 48.5 Å². The van der Waals surface area contributed by atoms with E-state index in [9.17, 15) is 18.7 Å². The molecule has 2 aromatic rings. The molecule has 4 nitrogen and oxygen atoms in total. The van der Waals surface area contributed by atoms with E-state index in [2.05, 4.69) is 10.2 Å². The molecule has 0 aliphatic carbocycles. The topological polar surface area (TPSA) is 52.6 Å². The lowest BCUT2D eigenvalue weighted by Gasteiger charge is -2.18. The summed E-state index contributed by atoms with van der Waals surface area (Å²) in [6, 6.07) is 12.8. The van der Waals surface area contributed by atoms with Gasteiger partial charge in [-0.2, -0.15) is 0 Å². The molecular formula is C19H20F2N2O2. The molecule has 0 spiro atoms. The van der Waals surface area contributed by atoms with E-state index in [1.54, 1.807) is 0 Å². The molecule has 1 amide bonds. The number of carbonyl (C=O) groups excluding carboxylic acids is 1. The van der Waals surface area contributed by atoms with Crippen LogP contribution in [0.2, 0.25) is 0 Å². The molecule has 0 radical (unpaired) electrons. The minimum Gasteiger partial charge on any atom is -0.396 e. The molecule has 1 saturated heterocycles. The third-order valence-electron chi connectivity index (χ3n) is 4.51. The lowest BCUT2D eigenvalue weighted by Crippen LogP contribution is -2.42. The largest absolute Gasteiger partial charge is 0.396 e. The van der Waals surface area contributed by atoms with Gasteiger partial charge in [-0.1, -0.05) is 36.4 Å². The number of benzene rings is 2. The molecule has 0 bridgehead atoms. The summed E-state index contributed by atoms with van der Waals surface area (Å²) in [6.07, 6.45) is 0. The average Bonchev–Trinajstić information content (AvgIpc) is 2.97. The fourth-order valence-corrected chi connectivity index (χ4v) is 3.24. The number of carbonyl (C=O) groups is 1. The second-order valence-corrected chi connectivity index (χ2v) is 6.30. The Balaban J connectivity index is 1.68. The van der Waals surface area contributed by atoms with Gasteiger partial charge in [-0.15, -0.1) is 0 Å². The average molecular weight is 346 g/mol. The van der Waals surface area contributed by atoms with E-state index in [-0.39, 0.29) is 18.6 Å². The molecule has 0 aromatic heterocycles. The van der Waals surface area contributed by atoms with Gasteiger partial charge < -0.3 is 10.4 Å². The number of aliphatic hydroxyl groups is 1. The van der Waals surface area contributed by atoms with Crippen molar-refractivity contribution < 1.29 is 18.7 Å². The second-order valence-electron chi connectivity index (χ2n) is 6.30. The van der Waals surface area contributed by atoms with Gasteiger partial charge in [-0.05, 0) is 17.7 Å². The van der Waals surface area contributed by atoms with Crippen molar-refractivity contribution in [3.63, 3.8) is 0 Å². The van der Waals surface area contributed by atoms with Crippen molar-refractivity contribution in [3.05, 3.63) is 71.3 Å². The zero-order chi connectivity index (χ0) is 17.8. The third kappa shape index (κ3) is 4.03. The van der Waals surface area contributed by atoms with E-state index in [0.717, 1.165) is 17.7 Å². The predicted octanol–water partition coefficient (Wildman–Crippen LogP) is 2.19. The van der Waals surface area contributed by atoms with E-state index in [4.69, 9.17) is 0 Å². The standard InChI is InChI=1S/C19H20F2N2O2/c20-15-7-4-8-16(21)18(15)19(25)22-17-11-23(10-14(17)12-24)9-13-5-2-1-3-6-13/h1-8,14,17,24H,9-12H2,(H,22,25)/t14-,17+/m0/s1. The lowest BCUT2D eigenvalue weighted by atomic mass is 10.0. The highest BCUT2D eigenvalue weighted by molar-refractivity contribution is 5.95. The first kappa shape index (κ1) is 17.5. The zero-order valence-electron chi connectivity index (χ0n) is 13.7. The fourth-order valence-electron chi connectivity index (χ4n) is 3.24. The summed E-state index contributed by atoms with van der Waals surface area (Å²) in [5, 5.41) is 12.3. The van der Waals surface area contributed by atoms with Crippen LogP contribution in [-0.2, 0) is 6.54 Å². The van der Waals surface area contributed by atoms with Gasteiger partial charge in [0.25, 0.3) is 5.91 Å². The van der Waals surface area contributed by atoms with Crippen LogP contribution in [0.4, 0.5) is 8.78 Å². The third-order valence-corrected chi connectivity index (χ3v) is 4.51. The van der Waals surface area contributed by atoms with Crippen LogP contribution in [-0.4, -0.2) is 41.7 Å². The van der Waals surface area contributed by atoms with Gasteiger partial charge in [0.2, 0.25) is 0 Å². The van der Waals surface area contributed by atoms with E-state index < -0.39 is 23.1 Å². The predicted molar refractivity (Wildman–Crippen MR) is 89.9 cm³/mol. The number of hydrogen-bond donors (Lipinski definition) is 2. The molecular weight excluding hydrogens is 326 g/mol. The van der Waals surface area contributed by atoms with Crippen LogP contribution >= 0.6 is 0 Å². The van der Waals surface area contributed by atoms with Crippen molar-refractivity contribution in [2.24, 2.45) is 5.92 Å². The normalized spacial score (nSPS) is 20.6. The number of hydrogen-bond acceptors (Lipinski definition) is 3. The molecule has 6 heteroatoms. The Bertz CT molecular complexity index is 719. The quantitative estimate of drug-likeness (QED) is 0.873. The molecule has 132 valence electrons. The molecule has 3 rings (SSSR count). The molecule has 2 aromatic carbocycles. The summed E-state index contributed by atoms with van der Waals surface area (Å²) in [4.78, 5) is 14.4. The Labute approximate surface area is 145 Å². The maximum atomic E-state index is 13.8. The second kappa shape index (κ2) is 7.72. The van der Waals surface area contributed by atoms with Gasteiger partial charge >= 0.3 is 0 Å². The van der Waals surface area contributed by atoms with Gasteiger partial charge in [-0.3, -0.25) is 9.69 Å². The number of nitrogens with one attached hydrogen (secondary N) is 1. The maximum Gasteiger partial charge on any atom is 0.257 e. The van der Waals surface area contributed by atoms with Gasteiger partial charge in [0, 0.05) is 38.2 Å². The number of rotatable bonds is 5. The van der Waals surface area contributed by atoms with Crippen molar-refractivity contribution in [1.82, 2.24) is 10.2 Å².